The average molecular weight is 605 g/mol. The summed E-state index contributed by atoms with van der Waals surface area (Å²) < 4.78 is 50.6. The van der Waals surface area contributed by atoms with Crippen molar-refractivity contribution in [2.75, 3.05) is 27.1 Å². The van der Waals surface area contributed by atoms with Gasteiger partial charge in [0.25, 0.3) is 0 Å². The number of phenols is 1. The number of esters is 1. The van der Waals surface area contributed by atoms with E-state index in [1.807, 2.05) is 30.3 Å². The Morgan fingerprint density at radius 3 is 2.19 bits per heavy atom. The first kappa shape index (κ1) is 31.0. The van der Waals surface area contributed by atoms with E-state index in [2.05, 4.69) is 0 Å². The van der Waals surface area contributed by atoms with Crippen LogP contribution in [-0.4, -0.2) is 46.6 Å². The second-order valence-corrected chi connectivity index (χ2v) is 10.9. The fourth-order valence-electron chi connectivity index (χ4n) is 4.45. The Labute approximate surface area is 251 Å². The molecule has 0 unspecified atom stereocenters. The highest BCUT2D eigenvalue weighted by Crippen LogP contribution is 2.47. The van der Waals surface area contributed by atoms with E-state index in [9.17, 15) is 18.3 Å². The molecule has 0 saturated carbocycles. The number of hydrogen-bond donors (Lipinski definition) is 1. The summed E-state index contributed by atoms with van der Waals surface area (Å²) in [6.07, 6.45) is 3.82. The monoisotopic (exact) mass is 604 g/mol. The number of carbonyl (C=O) groups is 1. The molecule has 0 fully saturated rings. The summed E-state index contributed by atoms with van der Waals surface area (Å²) in [5.41, 5.74) is 3.83. The highest BCUT2D eigenvalue weighted by atomic mass is 32.2. The zero-order chi connectivity index (χ0) is 31.0. The standard InChI is InChI=1S/C33H32O9S/c1-5-40-31(35)18-16-26-32(24-13-17-29(28(34)19-24)41-21-22-9-7-6-8-10-22)30(38-2)20-27(33(26)39-3)23-11-14-25(15-12-23)42-43(4,36)37/h6-20,34H,5,21H2,1-4H3/b18-16+. The number of phenolic OH excluding ortho intramolecular Hbond substituents is 1. The highest BCUT2D eigenvalue weighted by molar-refractivity contribution is 7.86. The van der Waals surface area contributed by atoms with Crippen molar-refractivity contribution >= 4 is 22.2 Å². The summed E-state index contributed by atoms with van der Waals surface area (Å²) in [7, 11) is -0.689. The largest absolute Gasteiger partial charge is 0.504 e. The highest BCUT2D eigenvalue weighted by Gasteiger charge is 2.22. The summed E-state index contributed by atoms with van der Waals surface area (Å²) in [5, 5.41) is 10.9. The second-order valence-electron chi connectivity index (χ2n) is 9.30. The molecule has 0 spiro atoms. The number of benzene rings is 4. The maximum atomic E-state index is 12.3. The SMILES string of the molecule is CCOC(=O)/C=C/c1c(OC)c(-c2ccc(OS(C)(=O)=O)cc2)cc(OC)c1-c1ccc(OCc2ccccc2)c(O)c1. The Morgan fingerprint density at radius 2 is 1.58 bits per heavy atom. The molecule has 0 aliphatic rings. The number of ether oxygens (including phenoxy) is 4. The molecule has 224 valence electrons. The summed E-state index contributed by atoms with van der Waals surface area (Å²) in [5.74, 6) is 0.650. The second kappa shape index (κ2) is 13.8. The van der Waals surface area contributed by atoms with Crippen molar-refractivity contribution in [3.8, 4) is 51.0 Å². The van der Waals surface area contributed by atoms with Crippen LogP contribution in [0.2, 0.25) is 0 Å². The van der Waals surface area contributed by atoms with Gasteiger partial charge in [0.2, 0.25) is 0 Å². The molecule has 0 amide bonds. The first-order valence-corrected chi connectivity index (χ1v) is 15.1. The Kier molecular flexibility index (Phi) is 9.95. The van der Waals surface area contributed by atoms with Crippen LogP contribution in [0.4, 0.5) is 0 Å². The molecule has 0 aliphatic carbocycles. The minimum absolute atomic E-state index is 0.0830. The van der Waals surface area contributed by atoms with Gasteiger partial charge in [-0.2, -0.15) is 8.42 Å². The van der Waals surface area contributed by atoms with Crippen molar-refractivity contribution < 1.29 is 41.4 Å². The Morgan fingerprint density at radius 1 is 0.884 bits per heavy atom. The van der Waals surface area contributed by atoms with Crippen molar-refractivity contribution in [3.05, 3.63) is 96.1 Å². The lowest BCUT2D eigenvalue weighted by Crippen LogP contribution is -2.05. The van der Waals surface area contributed by atoms with E-state index < -0.39 is 16.1 Å². The van der Waals surface area contributed by atoms with Crippen molar-refractivity contribution in [1.29, 1.82) is 0 Å². The minimum atomic E-state index is -3.69. The van der Waals surface area contributed by atoms with Crippen LogP contribution in [0.1, 0.15) is 18.1 Å². The molecule has 4 aromatic carbocycles. The number of rotatable bonds is 12. The molecule has 0 bridgehead atoms. The van der Waals surface area contributed by atoms with Gasteiger partial charge in [0.05, 0.1) is 27.1 Å². The molecule has 43 heavy (non-hydrogen) atoms. The van der Waals surface area contributed by atoms with E-state index in [0.29, 0.717) is 45.1 Å². The molecule has 0 aromatic heterocycles. The fourth-order valence-corrected chi connectivity index (χ4v) is 4.91. The summed E-state index contributed by atoms with van der Waals surface area (Å²) in [6, 6.07) is 22.8. The van der Waals surface area contributed by atoms with E-state index in [-0.39, 0.29) is 24.7 Å². The van der Waals surface area contributed by atoms with E-state index in [0.717, 1.165) is 11.8 Å². The summed E-state index contributed by atoms with van der Waals surface area (Å²) >= 11 is 0. The van der Waals surface area contributed by atoms with Crippen molar-refractivity contribution in [2.45, 2.75) is 13.5 Å². The maximum absolute atomic E-state index is 12.3. The van der Waals surface area contributed by atoms with Crippen LogP contribution in [0.5, 0.6) is 28.7 Å². The molecule has 0 heterocycles. The predicted molar refractivity (Wildman–Crippen MR) is 164 cm³/mol. The lowest BCUT2D eigenvalue weighted by Gasteiger charge is -2.20. The van der Waals surface area contributed by atoms with E-state index in [4.69, 9.17) is 23.1 Å². The van der Waals surface area contributed by atoms with Crippen LogP contribution >= 0.6 is 0 Å². The number of aromatic hydroxyl groups is 1. The van der Waals surface area contributed by atoms with Crippen LogP contribution < -0.4 is 18.4 Å². The lowest BCUT2D eigenvalue weighted by atomic mass is 9.91. The molecule has 10 heteroatoms. The number of carbonyl (C=O) groups excluding carboxylic acids is 1. The zero-order valence-corrected chi connectivity index (χ0v) is 25.0. The quantitative estimate of drug-likeness (QED) is 0.114. The molecule has 9 nitrogen and oxygen atoms in total. The molecular weight excluding hydrogens is 572 g/mol. The van der Waals surface area contributed by atoms with Crippen LogP contribution in [0.25, 0.3) is 28.3 Å². The molecule has 0 atom stereocenters. The van der Waals surface area contributed by atoms with Crippen molar-refractivity contribution in [3.63, 3.8) is 0 Å². The smallest absolute Gasteiger partial charge is 0.330 e. The molecule has 0 aliphatic heterocycles. The Hall–Kier alpha value is -4.96. The third kappa shape index (κ3) is 7.87. The predicted octanol–water partition coefficient (Wildman–Crippen LogP) is 6.24. The van der Waals surface area contributed by atoms with Crippen LogP contribution in [0, 0.1) is 0 Å². The van der Waals surface area contributed by atoms with Gasteiger partial charge in [0.1, 0.15) is 23.9 Å². The first-order chi connectivity index (χ1) is 20.6. The fraction of sp³-hybridized carbons (Fsp3) is 0.182. The topological polar surface area (TPSA) is 118 Å². The third-order valence-corrected chi connectivity index (χ3v) is 6.77. The van der Waals surface area contributed by atoms with E-state index >= 15 is 0 Å². The van der Waals surface area contributed by atoms with Crippen molar-refractivity contribution in [1.82, 2.24) is 0 Å². The summed E-state index contributed by atoms with van der Waals surface area (Å²) in [6.45, 7) is 2.20. The van der Waals surface area contributed by atoms with Gasteiger partial charge in [0, 0.05) is 22.8 Å². The molecule has 0 radical (unpaired) electrons. The van der Waals surface area contributed by atoms with Crippen LogP contribution in [0.3, 0.4) is 0 Å². The van der Waals surface area contributed by atoms with Gasteiger partial charge >= 0.3 is 16.1 Å². The summed E-state index contributed by atoms with van der Waals surface area (Å²) in [4.78, 5) is 12.3. The first-order valence-electron chi connectivity index (χ1n) is 13.3. The Bertz CT molecular complexity index is 1710. The zero-order valence-electron chi connectivity index (χ0n) is 24.2. The Balaban J connectivity index is 1.83. The number of hydrogen-bond acceptors (Lipinski definition) is 9. The van der Waals surface area contributed by atoms with Gasteiger partial charge in [-0.05, 0) is 60.0 Å². The van der Waals surface area contributed by atoms with Gasteiger partial charge in [-0.1, -0.05) is 48.5 Å². The molecular formula is C33H32O9S. The average Bonchev–Trinajstić information content (AvgIpc) is 2.99. The number of methoxy groups -OCH3 is 2. The van der Waals surface area contributed by atoms with Gasteiger partial charge < -0.3 is 28.2 Å². The molecule has 4 aromatic rings. The van der Waals surface area contributed by atoms with Crippen LogP contribution in [0.15, 0.2) is 84.9 Å². The van der Waals surface area contributed by atoms with E-state index in [1.54, 1.807) is 49.4 Å². The minimum Gasteiger partial charge on any atom is -0.504 e. The van der Waals surface area contributed by atoms with Crippen molar-refractivity contribution in [2.24, 2.45) is 0 Å². The van der Waals surface area contributed by atoms with E-state index in [1.165, 1.54) is 32.4 Å². The van der Waals surface area contributed by atoms with Gasteiger partial charge in [-0.25, -0.2) is 4.79 Å². The lowest BCUT2D eigenvalue weighted by molar-refractivity contribution is -0.137. The third-order valence-electron chi connectivity index (χ3n) is 6.27. The molecule has 0 saturated heterocycles. The maximum Gasteiger partial charge on any atom is 0.330 e. The van der Waals surface area contributed by atoms with Gasteiger partial charge in [-0.3, -0.25) is 0 Å². The van der Waals surface area contributed by atoms with Gasteiger partial charge in [-0.15, -0.1) is 0 Å². The van der Waals surface area contributed by atoms with Gasteiger partial charge in [0.15, 0.2) is 11.5 Å². The normalized spacial score (nSPS) is 11.3. The molecule has 1 N–H and O–H groups in total. The van der Waals surface area contributed by atoms with Crippen LogP contribution in [-0.2, 0) is 26.3 Å². The molecule has 4 rings (SSSR count).